The minimum Gasteiger partial charge on any atom is -0.462 e. The van der Waals surface area contributed by atoms with Gasteiger partial charge in [0.05, 0.1) is 0 Å². The van der Waals surface area contributed by atoms with Crippen molar-refractivity contribution in [3.05, 3.63) is 0 Å². The minimum absolute atomic E-state index is 0.146. The van der Waals surface area contributed by atoms with Crippen LogP contribution in [0, 0.1) is 0 Å². The Balaban J connectivity index is 3.82. The molecule has 4 nitrogen and oxygen atoms in total. The molecule has 0 heterocycles. The van der Waals surface area contributed by atoms with E-state index in [1.807, 2.05) is 6.92 Å². The van der Waals surface area contributed by atoms with Crippen molar-refractivity contribution in [1.29, 1.82) is 0 Å². The van der Waals surface area contributed by atoms with Crippen molar-refractivity contribution in [3.8, 4) is 0 Å². The fourth-order valence-electron chi connectivity index (χ4n) is 1.74. The average Bonchev–Trinajstić information content (AvgIpc) is 2.46. The normalized spacial score (nSPS) is 10.7. The maximum Gasteiger partial charge on any atom is 0.356 e. The van der Waals surface area contributed by atoms with E-state index in [2.05, 4.69) is 13.8 Å². The molecule has 0 aliphatic carbocycles. The number of unbranched alkanes of at least 4 members (excludes halogenated alkanes) is 2. The van der Waals surface area contributed by atoms with Crippen molar-refractivity contribution in [2.45, 2.75) is 59.3 Å². The first-order chi connectivity index (χ1) is 10.1. The number of carbonyl (C=O) groups excluding carboxylic acids is 2. The van der Waals surface area contributed by atoms with Crippen LogP contribution in [0.5, 0.6) is 0 Å². The number of carbonyl (C=O) groups is 2. The maximum absolute atomic E-state index is 11.8. The summed E-state index contributed by atoms with van der Waals surface area (Å²) in [6.07, 6.45) is 5.88. The molecular formula is C16H31O4S+. The van der Waals surface area contributed by atoms with E-state index in [1.165, 1.54) is 12.8 Å². The van der Waals surface area contributed by atoms with E-state index in [9.17, 15) is 9.59 Å². The Labute approximate surface area is 132 Å². The van der Waals surface area contributed by atoms with E-state index in [-0.39, 0.29) is 36.0 Å². The van der Waals surface area contributed by atoms with Crippen LogP contribution in [0.1, 0.15) is 59.3 Å². The van der Waals surface area contributed by atoms with Crippen LogP contribution in [-0.4, -0.2) is 42.4 Å². The van der Waals surface area contributed by atoms with Gasteiger partial charge in [0.15, 0.2) is 0 Å². The molecule has 0 atom stereocenters. The predicted octanol–water partition coefficient (Wildman–Crippen LogP) is 3.09. The van der Waals surface area contributed by atoms with Gasteiger partial charge in [0, 0.05) is 6.42 Å². The minimum atomic E-state index is -0.223. The van der Waals surface area contributed by atoms with Crippen LogP contribution < -0.4 is 0 Å². The van der Waals surface area contributed by atoms with E-state index < -0.39 is 0 Å². The zero-order valence-electron chi connectivity index (χ0n) is 13.8. The molecule has 21 heavy (non-hydrogen) atoms. The molecule has 0 rings (SSSR count). The molecule has 0 aliphatic rings. The summed E-state index contributed by atoms with van der Waals surface area (Å²) >= 11 is 0. The molecule has 0 amide bonds. The maximum atomic E-state index is 11.8. The number of hydrogen-bond donors (Lipinski definition) is 0. The Bertz CT molecular complexity index is 273. The summed E-state index contributed by atoms with van der Waals surface area (Å²) in [4.78, 5) is 22.9. The molecule has 0 aromatic heterocycles. The monoisotopic (exact) mass is 319 g/mol. The average molecular weight is 319 g/mol. The third kappa shape index (κ3) is 12.7. The summed E-state index contributed by atoms with van der Waals surface area (Å²) in [5, 5.41) is 0. The first kappa shape index (κ1) is 20.3. The Hall–Kier alpha value is -0.710. The summed E-state index contributed by atoms with van der Waals surface area (Å²) in [6, 6.07) is 0. The van der Waals surface area contributed by atoms with Gasteiger partial charge < -0.3 is 9.47 Å². The summed E-state index contributed by atoms with van der Waals surface area (Å²) in [5.41, 5.74) is 0. The highest BCUT2D eigenvalue weighted by Gasteiger charge is 2.22. The lowest BCUT2D eigenvalue weighted by molar-refractivity contribution is -0.150. The van der Waals surface area contributed by atoms with Gasteiger partial charge in [-0.15, -0.1) is 0 Å². The molecule has 0 saturated carbocycles. The molecule has 0 saturated heterocycles. The van der Waals surface area contributed by atoms with Crippen LogP contribution in [0.3, 0.4) is 0 Å². The van der Waals surface area contributed by atoms with Gasteiger partial charge in [-0.25, -0.2) is 4.79 Å². The van der Waals surface area contributed by atoms with Gasteiger partial charge in [0.2, 0.25) is 5.75 Å². The Morgan fingerprint density at radius 2 is 1.33 bits per heavy atom. The van der Waals surface area contributed by atoms with Crippen molar-refractivity contribution in [1.82, 2.24) is 0 Å². The molecule has 0 bridgehead atoms. The first-order valence-electron chi connectivity index (χ1n) is 8.09. The molecule has 0 spiro atoms. The largest absolute Gasteiger partial charge is 0.462 e. The van der Waals surface area contributed by atoms with Crippen LogP contribution in [0.4, 0.5) is 0 Å². The number of rotatable bonds is 13. The first-order valence-corrected chi connectivity index (χ1v) is 9.82. The molecule has 0 aromatic rings. The fraction of sp³-hybridized carbons (Fsp3) is 0.875. The summed E-state index contributed by atoms with van der Waals surface area (Å²) in [6.45, 7) is 6.61. The van der Waals surface area contributed by atoms with Gasteiger partial charge >= 0.3 is 11.9 Å². The lowest BCUT2D eigenvalue weighted by atomic mass is 10.3. The van der Waals surface area contributed by atoms with Crippen LogP contribution in [0.15, 0.2) is 0 Å². The molecule has 0 aliphatic heterocycles. The van der Waals surface area contributed by atoms with Crippen LogP contribution in [0.25, 0.3) is 0 Å². The molecule has 5 heteroatoms. The second-order valence-electron chi connectivity index (χ2n) is 5.06. The Morgan fingerprint density at radius 3 is 1.81 bits per heavy atom. The second-order valence-corrected chi connectivity index (χ2v) is 7.39. The van der Waals surface area contributed by atoms with Gasteiger partial charge in [-0.05, 0) is 30.2 Å². The van der Waals surface area contributed by atoms with Crippen molar-refractivity contribution >= 4 is 22.8 Å². The van der Waals surface area contributed by atoms with Crippen molar-refractivity contribution in [2.24, 2.45) is 0 Å². The van der Waals surface area contributed by atoms with E-state index in [0.717, 1.165) is 30.8 Å². The quantitative estimate of drug-likeness (QED) is 0.297. The summed E-state index contributed by atoms with van der Waals surface area (Å²) in [7, 11) is 0.146. The molecular weight excluding hydrogens is 288 g/mol. The molecule has 0 radical (unpaired) electrons. The molecule has 124 valence electrons. The highest BCUT2D eigenvalue weighted by molar-refractivity contribution is 7.97. The zero-order chi connectivity index (χ0) is 15.9. The predicted molar refractivity (Wildman–Crippen MR) is 88.6 cm³/mol. The fourth-order valence-corrected chi connectivity index (χ4v) is 4.04. The van der Waals surface area contributed by atoms with Gasteiger partial charge in [0.1, 0.15) is 24.7 Å². The van der Waals surface area contributed by atoms with E-state index in [0.29, 0.717) is 12.2 Å². The number of ether oxygens (including phenoxy) is 2. The van der Waals surface area contributed by atoms with Gasteiger partial charge in [-0.2, -0.15) is 0 Å². The van der Waals surface area contributed by atoms with Crippen LogP contribution >= 0.6 is 0 Å². The van der Waals surface area contributed by atoms with Gasteiger partial charge in [-0.1, -0.05) is 33.6 Å². The van der Waals surface area contributed by atoms with Gasteiger partial charge in [-0.3, -0.25) is 4.79 Å². The van der Waals surface area contributed by atoms with Crippen molar-refractivity contribution in [3.63, 3.8) is 0 Å². The number of esters is 2. The lowest BCUT2D eigenvalue weighted by Crippen LogP contribution is -2.25. The molecule has 0 unspecified atom stereocenters. The molecule has 0 aromatic carbocycles. The van der Waals surface area contributed by atoms with E-state index in [1.54, 1.807) is 0 Å². The molecule has 0 N–H and O–H groups in total. The third-order valence-corrected chi connectivity index (χ3v) is 5.33. The summed E-state index contributed by atoms with van der Waals surface area (Å²) in [5.74, 6) is 2.38. The Kier molecular flexibility index (Phi) is 13.8. The van der Waals surface area contributed by atoms with E-state index in [4.69, 9.17) is 9.47 Å². The zero-order valence-corrected chi connectivity index (χ0v) is 14.6. The van der Waals surface area contributed by atoms with Gasteiger partial charge in [0.25, 0.3) is 0 Å². The second kappa shape index (κ2) is 14.2. The van der Waals surface area contributed by atoms with Crippen molar-refractivity contribution in [2.75, 3.05) is 30.5 Å². The van der Waals surface area contributed by atoms with Crippen LogP contribution in [0.2, 0.25) is 0 Å². The van der Waals surface area contributed by atoms with Crippen molar-refractivity contribution < 1.29 is 19.1 Å². The third-order valence-electron chi connectivity index (χ3n) is 2.96. The standard InChI is InChI=1S/C16H31O4S/c1-4-7-12-21(13-8-5-2)14-16(18)20-11-10-19-15(17)9-6-3/h4-14H2,1-3H3/q+1. The topological polar surface area (TPSA) is 52.6 Å². The van der Waals surface area contributed by atoms with E-state index >= 15 is 0 Å². The SMILES string of the molecule is CCCC[S+](CCCC)CC(=O)OCCOC(=O)CCC. The smallest absolute Gasteiger partial charge is 0.356 e. The van der Waals surface area contributed by atoms with Crippen LogP contribution in [-0.2, 0) is 30.0 Å². The summed E-state index contributed by atoms with van der Waals surface area (Å²) < 4.78 is 10.1. The highest BCUT2D eigenvalue weighted by atomic mass is 32.2. The molecule has 0 fully saturated rings. The highest BCUT2D eigenvalue weighted by Crippen LogP contribution is 2.06. The lowest BCUT2D eigenvalue weighted by Gasteiger charge is -2.09. The Morgan fingerprint density at radius 1 is 0.810 bits per heavy atom. The number of hydrogen-bond acceptors (Lipinski definition) is 4.